The maximum absolute atomic E-state index is 12.9. The summed E-state index contributed by atoms with van der Waals surface area (Å²) < 4.78 is 12.9. The van der Waals surface area contributed by atoms with Crippen molar-refractivity contribution in [3.8, 4) is 0 Å². The summed E-state index contributed by atoms with van der Waals surface area (Å²) in [7, 11) is 0. The summed E-state index contributed by atoms with van der Waals surface area (Å²) in [5.41, 5.74) is 1.19. The van der Waals surface area contributed by atoms with E-state index in [4.69, 9.17) is 0 Å². The van der Waals surface area contributed by atoms with E-state index < -0.39 is 0 Å². The Hall–Kier alpha value is -1.84. The number of carbonyl (C=O) groups is 1. The Balaban J connectivity index is 2.82. The average Bonchev–Trinajstić information content (AvgIpc) is 2.19. The topological polar surface area (TPSA) is 42.9 Å². The molecule has 0 aliphatic rings. The van der Waals surface area contributed by atoms with Gasteiger partial charge < -0.3 is 0 Å². The van der Waals surface area contributed by atoms with Crippen molar-refractivity contribution >= 4 is 17.2 Å². The lowest BCUT2D eigenvalue weighted by Crippen LogP contribution is -1.96. The van der Waals surface area contributed by atoms with Crippen LogP contribution in [-0.4, -0.2) is 16.3 Å². The quantitative estimate of drug-likeness (QED) is 0.645. The van der Waals surface area contributed by atoms with Crippen LogP contribution in [-0.2, 0) is 0 Å². The van der Waals surface area contributed by atoms with Gasteiger partial charge in [0, 0.05) is 11.1 Å². The Bertz CT molecular complexity index is 511. The Kier molecular flexibility index (Phi) is 1.96. The van der Waals surface area contributed by atoms with Gasteiger partial charge >= 0.3 is 0 Å². The number of nitrogens with zero attached hydrogens (tertiary/aromatic N) is 2. The maximum atomic E-state index is 12.9. The van der Waals surface area contributed by atoms with E-state index in [0.717, 1.165) is 0 Å². The standard InChI is InChI=1S/C10H7FN2O/c1-6-8-4-7(11)2-3-9(8)13-10(5-14)12-6/h2-5H,1H3. The molecular formula is C10H7FN2O. The van der Waals surface area contributed by atoms with Gasteiger partial charge in [0.05, 0.1) is 5.52 Å². The molecule has 0 saturated heterocycles. The van der Waals surface area contributed by atoms with Crippen LogP contribution in [0.5, 0.6) is 0 Å². The molecule has 0 spiro atoms. The van der Waals surface area contributed by atoms with Crippen molar-refractivity contribution < 1.29 is 9.18 Å². The number of aryl methyl sites for hydroxylation is 1. The second-order valence-corrected chi connectivity index (χ2v) is 2.95. The second kappa shape index (κ2) is 3.14. The predicted octanol–water partition coefficient (Wildman–Crippen LogP) is 1.89. The minimum absolute atomic E-state index is 0.126. The van der Waals surface area contributed by atoms with Crippen LogP contribution in [0.15, 0.2) is 18.2 Å². The van der Waals surface area contributed by atoms with Crippen LogP contribution in [0.4, 0.5) is 4.39 Å². The molecule has 0 radical (unpaired) electrons. The largest absolute Gasteiger partial charge is 0.294 e. The van der Waals surface area contributed by atoms with Gasteiger partial charge in [0.15, 0.2) is 12.1 Å². The third-order valence-electron chi connectivity index (χ3n) is 1.97. The summed E-state index contributed by atoms with van der Waals surface area (Å²) in [6.45, 7) is 1.72. The van der Waals surface area contributed by atoms with Gasteiger partial charge in [-0.25, -0.2) is 14.4 Å². The first-order chi connectivity index (χ1) is 6.70. The molecule has 0 aliphatic carbocycles. The number of aldehydes is 1. The second-order valence-electron chi connectivity index (χ2n) is 2.95. The number of rotatable bonds is 1. The van der Waals surface area contributed by atoms with Gasteiger partial charge in [-0.15, -0.1) is 0 Å². The van der Waals surface area contributed by atoms with Crippen LogP contribution in [0.3, 0.4) is 0 Å². The van der Waals surface area contributed by atoms with Crippen molar-refractivity contribution in [1.82, 2.24) is 9.97 Å². The molecule has 0 fully saturated rings. The molecule has 0 bridgehead atoms. The first kappa shape index (κ1) is 8.74. The molecule has 1 aromatic heterocycles. The molecule has 0 unspecified atom stereocenters. The van der Waals surface area contributed by atoms with Crippen LogP contribution in [0.25, 0.3) is 10.9 Å². The lowest BCUT2D eigenvalue weighted by Gasteiger charge is -2.01. The highest BCUT2D eigenvalue weighted by molar-refractivity contribution is 5.83. The Morgan fingerprint density at radius 3 is 2.86 bits per heavy atom. The van der Waals surface area contributed by atoms with E-state index in [1.54, 1.807) is 6.92 Å². The van der Waals surface area contributed by atoms with Gasteiger partial charge in [0.2, 0.25) is 0 Å². The summed E-state index contributed by atoms with van der Waals surface area (Å²) in [6, 6.07) is 4.20. The van der Waals surface area contributed by atoms with E-state index in [1.807, 2.05) is 0 Å². The smallest absolute Gasteiger partial charge is 0.193 e. The van der Waals surface area contributed by atoms with Crippen LogP contribution < -0.4 is 0 Å². The fraction of sp³-hybridized carbons (Fsp3) is 0.100. The van der Waals surface area contributed by atoms with Crippen LogP contribution in [0.2, 0.25) is 0 Å². The zero-order valence-electron chi connectivity index (χ0n) is 7.49. The minimum atomic E-state index is -0.331. The van der Waals surface area contributed by atoms with E-state index in [0.29, 0.717) is 22.9 Å². The molecule has 0 aliphatic heterocycles. The Morgan fingerprint density at radius 2 is 2.14 bits per heavy atom. The van der Waals surface area contributed by atoms with Gasteiger partial charge in [0.25, 0.3) is 0 Å². The summed E-state index contributed by atoms with van der Waals surface area (Å²) in [5, 5.41) is 0.635. The summed E-state index contributed by atoms with van der Waals surface area (Å²) in [5.74, 6) is -0.204. The molecular weight excluding hydrogens is 183 g/mol. The minimum Gasteiger partial charge on any atom is -0.294 e. The van der Waals surface area contributed by atoms with E-state index in [-0.39, 0.29) is 11.6 Å². The fourth-order valence-electron chi connectivity index (χ4n) is 1.33. The molecule has 0 saturated carbocycles. The zero-order valence-corrected chi connectivity index (χ0v) is 7.49. The number of aromatic nitrogens is 2. The molecule has 2 rings (SSSR count). The van der Waals surface area contributed by atoms with Crippen LogP contribution >= 0.6 is 0 Å². The van der Waals surface area contributed by atoms with Crippen molar-refractivity contribution in [2.45, 2.75) is 6.92 Å². The monoisotopic (exact) mass is 190 g/mol. The third kappa shape index (κ3) is 1.35. The number of benzene rings is 1. The van der Waals surface area contributed by atoms with Crippen LogP contribution in [0, 0.1) is 12.7 Å². The molecule has 3 nitrogen and oxygen atoms in total. The predicted molar refractivity (Wildman–Crippen MR) is 49.6 cm³/mol. The van der Waals surface area contributed by atoms with Gasteiger partial charge in [0.1, 0.15) is 5.82 Å². The number of hydrogen-bond acceptors (Lipinski definition) is 3. The average molecular weight is 190 g/mol. The van der Waals surface area contributed by atoms with Gasteiger partial charge in [-0.1, -0.05) is 0 Å². The number of hydrogen-bond donors (Lipinski definition) is 0. The lowest BCUT2D eigenvalue weighted by molar-refractivity contribution is 0.111. The molecule has 0 atom stereocenters. The van der Waals surface area contributed by atoms with E-state index in [1.165, 1.54) is 18.2 Å². The van der Waals surface area contributed by atoms with Crippen LogP contribution in [0.1, 0.15) is 16.3 Å². The normalized spacial score (nSPS) is 10.4. The van der Waals surface area contributed by atoms with E-state index >= 15 is 0 Å². The van der Waals surface area contributed by atoms with Crippen molar-refractivity contribution in [3.05, 3.63) is 35.5 Å². The summed E-state index contributed by atoms with van der Waals surface area (Å²) in [6.07, 6.45) is 0.579. The van der Waals surface area contributed by atoms with Crippen molar-refractivity contribution in [1.29, 1.82) is 0 Å². The highest BCUT2D eigenvalue weighted by Gasteiger charge is 2.04. The third-order valence-corrected chi connectivity index (χ3v) is 1.97. The first-order valence-electron chi connectivity index (χ1n) is 4.10. The SMILES string of the molecule is Cc1nc(C=O)nc2ccc(F)cc12. The highest BCUT2D eigenvalue weighted by Crippen LogP contribution is 2.15. The molecule has 4 heteroatoms. The van der Waals surface area contributed by atoms with Gasteiger partial charge in [-0.2, -0.15) is 0 Å². The number of carbonyl (C=O) groups excluding carboxylic acids is 1. The summed E-state index contributed by atoms with van der Waals surface area (Å²) in [4.78, 5) is 18.3. The first-order valence-corrected chi connectivity index (χ1v) is 4.10. The maximum Gasteiger partial charge on any atom is 0.193 e. The van der Waals surface area contributed by atoms with Crippen molar-refractivity contribution in [3.63, 3.8) is 0 Å². The lowest BCUT2D eigenvalue weighted by atomic mass is 10.2. The molecule has 14 heavy (non-hydrogen) atoms. The number of fused-ring (bicyclic) bond motifs is 1. The Morgan fingerprint density at radius 1 is 1.36 bits per heavy atom. The molecule has 0 N–H and O–H groups in total. The van der Waals surface area contributed by atoms with Gasteiger partial charge in [-0.3, -0.25) is 4.79 Å². The highest BCUT2D eigenvalue weighted by atomic mass is 19.1. The zero-order chi connectivity index (χ0) is 10.1. The van der Waals surface area contributed by atoms with Gasteiger partial charge in [-0.05, 0) is 25.1 Å². The molecule has 1 heterocycles. The molecule has 70 valence electrons. The van der Waals surface area contributed by atoms with Crippen molar-refractivity contribution in [2.24, 2.45) is 0 Å². The van der Waals surface area contributed by atoms with E-state index in [9.17, 15) is 9.18 Å². The number of halogens is 1. The molecule has 2 aromatic rings. The van der Waals surface area contributed by atoms with E-state index in [2.05, 4.69) is 9.97 Å². The summed E-state index contributed by atoms with van der Waals surface area (Å²) >= 11 is 0. The Labute approximate surface area is 79.6 Å². The molecule has 1 aromatic carbocycles. The van der Waals surface area contributed by atoms with Crippen molar-refractivity contribution in [2.75, 3.05) is 0 Å². The molecule has 0 amide bonds. The fourth-order valence-corrected chi connectivity index (χ4v) is 1.33.